The summed E-state index contributed by atoms with van der Waals surface area (Å²) in [6.07, 6.45) is 0.184. The van der Waals surface area contributed by atoms with Crippen LogP contribution in [0.5, 0.6) is 0 Å². The molecule has 0 spiro atoms. The largest absolute Gasteiger partial charge is 0.490 e. The highest BCUT2D eigenvalue weighted by atomic mass is 19.4. The van der Waals surface area contributed by atoms with E-state index < -0.39 is 12.1 Å². The summed E-state index contributed by atoms with van der Waals surface area (Å²) in [7, 11) is 0. The number of primary amides is 1. The van der Waals surface area contributed by atoms with E-state index in [4.69, 9.17) is 15.6 Å². The van der Waals surface area contributed by atoms with Gasteiger partial charge in [-0.1, -0.05) is 18.2 Å². The van der Waals surface area contributed by atoms with Crippen LogP contribution < -0.4 is 11.1 Å². The van der Waals surface area contributed by atoms with Gasteiger partial charge in [0.25, 0.3) is 5.91 Å². The highest BCUT2D eigenvalue weighted by molar-refractivity contribution is 6.03. The number of aromatic nitrogens is 2. The molecule has 2 aromatic heterocycles. The first-order chi connectivity index (χ1) is 17.0. The van der Waals surface area contributed by atoms with E-state index in [1.54, 1.807) is 10.6 Å². The second-order valence-electron chi connectivity index (χ2n) is 8.46. The van der Waals surface area contributed by atoms with E-state index in [2.05, 4.69) is 15.2 Å². The van der Waals surface area contributed by atoms with Gasteiger partial charge < -0.3 is 16.2 Å². The lowest BCUT2D eigenvalue weighted by Crippen LogP contribution is -2.40. The van der Waals surface area contributed by atoms with E-state index in [0.717, 1.165) is 48.4 Å². The molecule has 3 aromatic rings. The van der Waals surface area contributed by atoms with Crippen LogP contribution >= 0.6 is 0 Å². The molecule has 0 aliphatic carbocycles. The van der Waals surface area contributed by atoms with Crippen molar-refractivity contribution in [3.63, 3.8) is 0 Å². The quantitative estimate of drug-likeness (QED) is 0.488. The number of imidazole rings is 1. The Kier molecular flexibility index (Phi) is 8.30. The molecule has 4 rings (SSSR count). The number of nitrogens with one attached hydrogen (secondary N) is 1. The van der Waals surface area contributed by atoms with Crippen LogP contribution in [-0.4, -0.2) is 56.4 Å². The summed E-state index contributed by atoms with van der Waals surface area (Å²) in [5, 5.41) is 10.1. The molecule has 2 amide bonds. The zero-order chi connectivity index (χ0) is 26.5. The molecule has 1 atom stereocenters. The first kappa shape index (κ1) is 26.7. The van der Waals surface area contributed by atoms with Gasteiger partial charge in [0.05, 0.1) is 12.1 Å². The van der Waals surface area contributed by atoms with E-state index in [1.165, 1.54) is 0 Å². The minimum Gasteiger partial charge on any atom is -0.475 e. The van der Waals surface area contributed by atoms with E-state index in [0.29, 0.717) is 12.2 Å². The topological polar surface area (TPSA) is 130 Å². The molecule has 1 saturated heterocycles. The summed E-state index contributed by atoms with van der Waals surface area (Å²) < 4.78 is 33.5. The van der Waals surface area contributed by atoms with Gasteiger partial charge in [-0.2, -0.15) is 13.2 Å². The van der Waals surface area contributed by atoms with Crippen molar-refractivity contribution < 1.29 is 32.7 Å². The van der Waals surface area contributed by atoms with E-state index in [-0.39, 0.29) is 17.7 Å². The molecule has 1 aliphatic rings. The van der Waals surface area contributed by atoms with Gasteiger partial charge >= 0.3 is 12.1 Å². The molecule has 3 heterocycles. The number of carbonyl (C=O) groups is 3. The van der Waals surface area contributed by atoms with Gasteiger partial charge in [-0.3, -0.25) is 18.9 Å². The Hall–Kier alpha value is -3.93. The lowest BCUT2D eigenvalue weighted by molar-refractivity contribution is -0.192. The van der Waals surface area contributed by atoms with Gasteiger partial charge in [0.2, 0.25) is 5.91 Å². The molecule has 1 unspecified atom stereocenters. The summed E-state index contributed by atoms with van der Waals surface area (Å²) in [6, 6.07) is 11.7. The van der Waals surface area contributed by atoms with Crippen LogP contribution in [-0.2, 0) is 16.1 Å². The maximum Gasteiger partial charge on any atom is 0.490 e. The molecular formula is C24H26F3N5O4. The molecule has 0 bridgehead atoms. The predicted molar refractivity (Wildman–Crippen MR) is 125 cm³/mol. The number of hydrogen-bond acceptors (Lipinski definition) is 5. The number of benzene rings is 1. The molecule has 0 radical (unpaired) electrons. The number of carboxylic acid groups (broad SMARTS) is 1. The third-order valence-corrected chi connectivity index (χ3v) is 5.70. The number of piperidine rings is 1. The van der Waals surface area contributed by atoms with Crippen LogP contribution in [0.25, 0.3) is 5.65 Å². The highest BCUT2D eigenvalue weighted by Crippen LogP contribution is 2.20. The highest BCUT2D eigenvalue weighted by Gasteiger charge is 2.38. The van der Waals surface area contributed by atoms with Crippen molar-refractivity contribution in [3.05, 3.63) is 65.6 Å². The molecule has 1 aromatic carbocycles. The van der Waals surface area contributed by atoms with Crippen LogP contribution in [0, 0.1) is 12.8 Å². The van der Waals surface area contributed by atoms with Gasteiger partial charge in [0.1, 0.15) is 11.3 Å². The Labute approximate surface area is 204 Å². The van der Waals surface area contributed by atoms with Crippen molar-refractivity contribution >= 4 is 29.1 Å². The number of alkyl halides is 3. The summed E-state index contributed by atoms with van der Waals surface area (Å²) in [5.41, 5.74) is 9.59. The lowest BCUT2D eigenvalue weighted by atomic mass is 9.97. The first-order valence-electron chi connectivity index (χ1n) is 11.1. The minimum absolute atomic E-state index is 0.0785. The van der Waals surface area contributed by atoms with E-state index in [9.17, 15) is 22.8 Å². The molecule has 192 valence electrons. The van der Waals surface area contributed by atoms with Crippen molar-refractivity contribution in [2.24, 2.45) is 11.7 Å². The number of carbonyl (C=O) groups excluding carboxylic acids is 2. The third-order valence-electron chi connectivity index (χ3n) is 5.70. The maximum absolute atomic E-state index is 12.8. The van der Waals surface area contributed by atoms with Crippen LogP contribution in [0.3, 0.4) is 0 Å². The van der Waals surface area contributed by atoms with Gasteiger partial charge in [0, 0.05) is 25.0 Å². The van der Waals surface area contributed by atoms with Crippen molar-refractivity contribution in [1.82, 2.24) is 14.3 Å². The number of aryl methyl sites for hydroxylation is 1. The molecular weight excluding hydrogens is 479 g/mol. The molecule has 1 fully saturated rings. The number of anilines is 1. The Bertz CT molecular complexity index is 1260. The first-order valence-corrected chi connectivity index (χ1v) is 11.1. The second-order valence-corrected chi connectivity index (χ2v) is 8.46. The number of nitrogens with two attached hydrogens (primary N) is 1. The van der Waals surface area contributed by atoms with E-state index >= 15 is 0 Å². The average molecular weight is 505 g/mol. The van der Waals surface area contributed by atoms with Crippen molar-refractivity contribution in [2.45, 2.75) is 32.5 Å². The van der Waals surface area contributed by atoms with Gasteiger partial charge in [-0.25, -0.2) is 9.78 Å². The third kappa shape index (κ3) is 6.81. The number of hydrogen-bond donors (Lipinski definition) is 3. The van der Waals surface area contributed by atoms with Crippen LogP contribution in [0.1, 0.15) is 34.5 Å². The van der Waals surface area contributed by atoms with Gasteiger partial charge in [0.15, 0.2) is 0 Å². The Morgan fingerprint density at radius 2 is 1.94 bits per heavy atom. The maximum atomic E-state index is 12.8. The molecule has 0 saturated carbocycles. The van der Waals surface area contributed by atoms with Crippen LogP contribution in [0.15, 0.2) is 48.8 Å². The average Bonchev–Trinajstić information content (AvgIpc) is 3.25. The number of carboxylic acids is 1. The number of aliphatic carboxylic acids is 1. The summed E-state index contributed by atoms with van der Waals surface area (Å²) in [6.45, 7) is 4.33. The minimum atomic E-state index is -5.08. The Morgan fingerprint density at radius 3 is 2.61 bits per heavy atom. The normalized spacial score (nSPS) is 16.2. The van der Waals surface area contributed by atoms with Crippen LogP contribution in [0.4, 0.5) is 18.9 Å². The number of fused-ring (bicyclic) bond motifs is 1. The van der Waals surface area contributed by atoms with E-state index in [1.807, 2.05) is 49.5 Å². The molecule has 9 nitrogen and oxygen atoms in total. The zero-order valence-corrected chi connectivity index (χ0v) is 19.5. The van der Waals surface area contributed by atoms with Gasteiger partial charge in [-0.15, -0.1) is 0 Å². The number of rotatable bonds is 5. The molecule has 1 aliphatic heterocycles. The van der Waals surface area contributed by atoms with Crippen molar-refractivity contribution in [3.8, 4) is 0 Å². The molecule has 4 N–H and O–H groups in total. The SMILES string of the molecule is Cc1cccn2c(C(=O)Nc3cccc(CN4CCCC(C(N)=O)C4)c3)cnc12.O=C(O)C(F)(F)F. The molecule has 36 heavy (non-hydrogen) atoms. The fourth-order valence-electron chi connectivity index (χ4n) is 3.95. The zero-order valence-electron chi connectivity index (χ0n) is 19.5. The number of halogens is 3. The second kappa shape index (κ2) is 11.2. The predicted octanol–water partition coefficient (Wildman–Crippen LogP) is 3.23. The standard InChI is InChI=1S/C22H25N5O2.C2HF3O2/c1-15-5-3-10-27-19(12-24-21(15)27)22(29)25-18-8-2-6-16(11-18)13-26-9-4-7-17(14-26)20(23)28;3-2(4,5)1(6)7/h2-3,5-6,8,10-12,17H,4,7,9,13-14H2,1H3,(H2,23,28)(H,25,29);(H,6,7). The fraction of sp³-hybridized carbons (Fsp3) is 0.333. The van der Waals surface area contributed by atoms with Crippen molar-refractivity contribution in [1.29, 1.82) is 0 Å². The number of amides is 2. The van der Waals surface area contributed by atoms with Crippen molar-refractivity contribution in [2.75, 3.05) is 18.4 Å². The number of nitrogens with zero attached hydrogens (tertiary/aromatic N) is 3. The lowest BCUT2D eigenvalue weighted by Gasteiger charge is -2.31. The summed E-state index contributed by atoms with van der Waals surface area (Å²) in [4.78, 5) is 39.8. The monoisotopic (exact) mass is 505 g/mol. The fourth-order valence-corrected chi connectivity index (χ4v) is 3.95. The Morgan fingerprint density at radius 1 is 1.22 bits per heavy atom. The molecule has 12 heteroatoms. The van der Waals surface area contributed by atoms with Crippen LogP contribution in [0.2, 0.25) is 0 Å². The summed E-state index contributed by atoms with van der Waals surface area (Å²) in [5.74, 6) is -3.26. The van der Waals surface area contributed by atoms with Gasteiger partial charge in [-0.05, 0) is 55.6 Å². The Balaban J connectivity index is 0.000000454. The summed E-state index contributed by atoms with van der Waals surface area (Å²) >= 11 is 0. The number of likely N-dealkylation sites (tertiary alicyclic amines) is 1. The smallest absolute Gasteiger partial charge is 0.475 e. The number of pyridine rings is 1.